The zero-order valence-electron chi connectivity index (χ0n) is 13.6. The molecule has 5 nitrogen and oxygen atoms in total. The van der Waals surface area contributed by atoms with Crippen LogP contribution in [0.1, 0.15) is 44.4 Å². The van der Waals surface area contributed by atoms with Gasteiger partial charge in [-0.2, -0.15) is 0 Å². The molecule has 0 aliphatic carbocycles. The van der Waals surface area contributed by atoms with Gasteiger partial charge in [0.25, 0.3) is 11.8 Å². The Morgan fingerprint density at radius 2 is 1.72 bits per heavy atom. The lowest BCUT2D eigenvalue weighted by Crippen LogP contribution is -2.31. The van der Waals surface area contributed by atoms with Gasteiger partial charge in [0.2, 0.25) is 0 Å². The van der Waals surface area contributed by atoms with E-state index >= 15 is 0 Å². The number of imide groups is 1. The Morgan fingerprint density at radius 1 is 1.08 bits per heavy atom. The minimum Gasteiger partial charge on any atom is -0.493 e. The number of carbonyl (C=O) groups is 3. The summed E-state index contributed by atoms with van der Waals surface area (Å²) in [5.41, 5.74) is 0.837. The van der Waals surface area contributed by atoms with E-state index in [-0.39, 0.29) is 36.3 Å². The van der Waals surface area contributed by atoms with Crippen LogP contribution in [0.25, 0.3) is 0 Å². The topological polar surface area (TPSA) is 63.7 Å². The first-order chi connectivity index (χ1) is 12.0. The summed E-state index contributed by atoms with van der Waals surface area (Å²) < 4.78 is 19.1. The van der Waals surface area contributed by atoms with Crippen molar-refractivity contribution in [2.75, 3.05) is 13.2 Å². The highest BCUT2D eigenvalue weighted by atomic mass is 19.1. The van der Waals surface area contributed by atoms with Crippen molar-refractivity contribution in [3.05, 3.63) is 65.0 Å². The molecule has 0 atom stereocenters. The molecule has 2 amide bonds. The lowest BCUT2D eigenvalue weighted by molar-refractivity contribution is 0.0646. The summed E-state index contributed by atoms with van der Waals surface area (Å²) in [6, 6.07) is 10.7. The van der Waals surface area contributed by atoms with Gasteiger partial charge in [-0.1, -0.05) is 12.1 Å². The fourth-order valence-corrected chi connectivity index (χ4v) is 2.73. The molecule has 0 fully saturated rings. The molecule has 128 valence electrons. The number of Topliss-reactive ketones (excluding diaryl/α,β-unsaturated/α-hetero) is 1. The number of hydrogen-bond donors (Lipinski definition) is 0. The van der Waals surface area contributed by atoms with Crippen LogP contribution >= 0.6 is 0 Å². The highest BCUT2D eigenvalue weighted by molar-refractivity contribution is 6.21. The van der Waals surface area contributed by atoms with Crippen molar-refractivity contribution in [3.8, 4) is 5.75 Å². The first-order valence-corrected chi connectivity index (χ1v) is 7.87. The van der Waals surface area contributed by atoms with Crippen LogP contribution in [0.5, 0.6) is 5.75 Å². The summed E-state index contributed by atoms with van der Waals surface area (Å²) in [6.45, 7) is 1.73. The van der Waals surface area contributed by atoms with Crippen molar-refractivity contribution in [2.24, 2.45) is 0 Å². The van der Waals surface area contributed by atoms with Crippen LogP contribution in [0.2, 0.25) is 0 Å². The maximum Gasteiger partial charge on any atom is 0.261 e. The number of nitrogens with zero attached hydrogens (tertiary/aromatic N) is 1. The standard InChI is InChI=1S/C19H16FNO4/c1-12(22)14-8-7-13(11-17(14)20)25-10-4-9-21-18(23)15-5-2-3-6-16(15)19(21)24/h2-3,5-8,11H,4,9-10H2,1H3. The van der Waals surface area contributed by atoms with Gasteiger partial charge < -0.3 is 4.74 Å². The van der Waals surface area contributed by atoms with Crippen LogP contribution in [0.4, 0.5) is 4.39 Å². The Hall–Kier alpha value is -3.02. The van der Waals surface area contributed by atoms with E-state index in [2.05, 4.69) is 0 Å². The van der Waals surface area contributed by atoms with E-state index < -0.39 is 5.82 Å². The molecule has 0 saturated heterocycles. The van der Waals surface area contributed by atoms with Crippen molar-refractivity contribution in [1.82, 2.24) is 4.90 Å². The predicted molar refractivity (Wildman–Crippen MR) is 88.3 cm³/mol. The van der Waals surface area contributed by atoms with E-state index in [0.29, 0.717) is 23.3 Å². The molecule has 0 bridgehead atoms. The third-order valence-corrected chi connectivity index (χ3v) is 3.99. The first kappa shape index (κ1) is 16.8. The van der Waals surface area contributed by atoms with Crippen LogP contribution in [0, 0.1) is 5.82 Å². The molecule has 1 heterocycles. The molecule has 25 heavy (non-hydrogen) atoms. The molecular formula is C19H16FNO4. The number of rotatable bonds is 6. The third-order valence-electron chi connectivity index (χ3n) is 3.99. The fourth-order valence-electron chi connectivity index (χ4n) is 2.73. The molecule has 6 heteroatoms. The van der Waals surface area contributed by atoms with E-state index in [1.807, 2.05) is 0 Å². The number of halogens is 1. The van der Waals surface area contributed by atoms with Crippen molar-refractivity contribution in [1.29, 1.82) is 0 Å². The van der Waals surface area contributed by atoms with E-state index in [4.69, 9.17) is 4.74 Å². The van der Waals surface area contributed by atoms with Crippen molar-refractivity contribution < 1.29 is 23.5 Å². The van der Waals surface area contributed by atoms with E-state index in [1.165, 1.54) is 24.0 Å². The summed E-state index contributed by atoms with van der Waals surface area (Å²) in [5.74, 6) is -1.31. The van der Waals surface area contributed by atoms with Crippen LogP contribution in [0.15, 0.2) is 42.5 Å². The van der Waals surface area contributed by atoms with Gasteiger partial charge in [-0.15, -0.1) is 0 Å². The van der Waals surface area contributed by atoms with Gasteiger partial charge in [-0.05, 0) is 37.6 Å². The molecule has 1 aliphatic rings. The number of hydrogen-bond acceptors (Lipinski definition) is 4. The summed E-state index contributed by atoms with van der Waals surface area (Å²) in [7, 11) is 0. The van der Waals surface area contributed by atoms with Crippen molar-refractivity contribution in [3.63, 3.8) is 0 Å². The molecule has 0 saturated carbocycles. The van der Waals surface area contributed by atoms with Crippen LogP contribution in [0.3, 0.4) is 0 Å². The van der Waals surface area contributed by atoms with Gasteiger partial charge in [0.15, 0.2) is 5.78 Å². The maximum absolute atomic E-state index is 13.7. The number of amides is 2. The molecule has 2 aromatic carbocycles. The Balaban J connectivity index is 1.54. The second kappa shape index (κ2) is 6.84. The number of ketones is 1. The molecule has 3 rings (SSSR count). The van der Waals surface area contributed by atoms with Gasteiger partial charge in [-0.3, -0.25) is 19.3 Å². The molecular weight excluding hydrogens is 325 g/mol. The van der Waals surface area contributed by atoms with Crippen LogP contribution in [-0.4, -0.2) is 35.6 Å². The van der Waals surface area contributed by atoms with Crippen molar-refractivity contribution in [2.45, 2.75) is 13.3 Å². The van der Waals surface area contributed by atoms with Gasteiger partial charge in [-0.25, -0.2) is 4.39 Å². The van der Waals surface area contributed by atoms with E-state index in [1.54, 1.807) is 24.3 Å². The monoisotopic (exact) mass is 341 g/mol. The smallest absolute Gasteiger partial charge is 0.261 e. The summed E-state index contributed by atoms with van der Waals surface area (Å²) in [5, 5.41) is 0. The second-order valence-electron chi connectivity index (χ2n) is 5.71. The van der Waals surface area contributed by atoms with Gasteiger partial charge >= 0.3 is 0 Å². The maximum atomic E-state index is 13.7. The number of benzene rings is 2. The third kappa shape index (κ3) is 3.28. The average molecular weight is 341 g/mol. The SMILES string of the molecule is CC(=O)c1ccc(OCCCN2C(=O)c3ccccc3C2=O)cc1F. The van der Waals surface area contributed by atoms with E-state index in [0.717, 1.165) is 6.07 Å². The van der Waals surface area contributed by atoms with Gasteiger partial charge in [0, 0.05) is 12.6 Å². The molecule has 0 unspecified atom stereocenters. The predicted octanol–water partition coefficient (Wildman–Crippen LogP) is 3.09. The van der Waals surface area contributed by atoms with E-state index in [9.17, 15) is 18.8 Å². The summed E-state index contributed by atoms with van der Waals surface area (Å²) in [4.78, 5) is 36.8. The lowest BCUT2D eigenvalue weighted by atomic mass is 10.1. The molecule has 0 spiro atoms. The number of ether oxygens (including phenoxy) is 1. The molecule has 0 N–H and O–H groups in total. The fraction of sp³-hybridized carbons (Fsp3) is 0.211. The zero-order chi connectivity index (χ0) is 18.0. The highest BCUT2D eigenvalue weighted by Crippen LogP contribution is 2.22. The molecule has 0 aromatic heterocycles. The first-order valence-electron chi connectivity index (χ1n) is 7.87. The zero-order valence-corrected chi connectivity index (χ0v) is 13.6. The second-order valence-corrected chi connectivity index (χ2v) is 5.71. The number of carbonyl (C=O) groups excluding carboxylic acids is 3. The Kier molecular flexibility index (Phi) is 4.61. The molecule has 0 radical (unpaired) electrons. The molecule has 1 aliphatic heterocycles. The summed E-state index contributed by atoms with van der Waals surface area (Å²) in [6.07, 6.45) is 0.418. The largest absolute Gasteiger partial charge is 0.493 e. The van der Waals surface area contributed by atoms with Crippen LogP contribution < -0.4 is 4.74 Å². The van der Waals surface area contributed by atoms with Gasteiger partial charge in [0.05, 0.1) is 23.3 Å². The minimum absolute atomic E-state index is 0.0124. The number of fused-ring (bicyclic) bond motifs is 1. The lowest BCUT2D eigenvalue weighted by Gasteiger charge is -2.14. The normalized spacial score (nSPS) is 13.1. The summed E-state index contributed by atoms with van der Waals surface area (Å²) >= 11 is 0. The molecule has 2 aromatic rings. The Bertz CT molecular complexity index is 827. The highest BCUT2D eigenvalue weighted by Gasteiger charge is 2.34. The minimum atomic E-state index is -0.634. The van der Waals surface area contributed by atoms with Crippen molar-refractivity contribution >= 4 is 17.6 Å². The Morgan fingerprint density at radius 3 is 2.28 bits per heavy atom. The van der Waals surface area contributed by atoms with Crippen LogP contribution in [-0.2, 0) is 0 Å². The Labute approximate surface area is 144 Å². The van der Waals surface area contributed by atoms with Gasteiger partial charge in [0.1, 0.15) is 11.6 Å². The quantitative estimate of drug-likeness (QED) is 0.460. The average Bonchev–Trinajstić information content (AvgIpc) is 2.83.